The Balaban J connectivity index is 2.22. The van der Waals surface area contributed by atoms with Gasteiger partial charge in [-0.3, -0.25) is 0 Å². The van der Waals surface area contributed by atoms with E-state index in [0.29, 0.717) is 4.58 Å². The Morgan fingerprint density at radius 1 is 1.31 bits per heavy atom. The second-order valence-electron chi connectivity index (χ2n) is 3.16. The molecule has 0 aliphatic carbocycles. The third kappa shape index (κ3) is 1.89. The lowest BCUT2D eigenvalue weighted by Gasteiger charge is -2.20. The van der Waals surface area contributed by atoms with E-state index in [2.05, 4.69) is 5.16 Å². The summed E-state index contributed by atoms with van der Waals surface area (Å²) in [6.45, 7) is 4.03. The van der Waals surface area contributed by atoms with Gasteiger partial charge in [-0.25, -0.2) is 0 Å². The van der Waals surface area contributed by atoms with Crippen LogP contribution >= 0.6 is 23.5 Å². The first-order valence-electron chi connectivity index (χ1n) is 4.45. The lowest BCUT2D eigenvalue weighted by atomic mass is 10.2. The Morgan fingerprint density at radius 3 is 2.54 bits per heavy atom. The van der Waals surface area contributed by atoms with E-state index < -0.39 is 0 Å². The summed E-state index contributed by atoms with van der Waals surface area (Å²) in [5.74, 6) is 3.52. The normalized spacial score (nSPS) is 19.2. The highest BCUT2D eigenvalue weighted by molar-refractivity contribution is 8.16. The van der Waals surface area contributed by atoms with Gasteiger partial charge >= 0.3 is 0 Å². The topological polar surface area (TPSA) is 26.0 Å². The van der Waals surface area contributed by atoms with Gasteiger partial charge < -0.3 is 4.52 Å². The molecule has 1 aliphatic rings. The predicted molar refractivity (Wildman–Crippen MR) is 58.3 cm³/mol. The molecule has 2 rings (SSSR count). The zero-order chi connectivity index (χ0) is 9.26. The SMILES string of the molecule is Cc1noc(C)c1C1SCCCS1. The maximum absolute atomic E-state index is 5.17. The van der Waals surface area contributed by atoms with Crippen molar-refractivity contribution < 1.29 is 4.52 Å². The molecule has 1 saturated heterocycles. The van der Waals surface area contributed by atoms with Gasteiger partial charge in [-0.2, -0.15) is 0 Å². The van der Waals surface area contributed by atoms with Crippen LogP contribution in [0, 0.1) is 13.8 Å². The number of aromatic nitrogens is 1. The van der Waals surface area contributed by atoms with Gasteiger partial charge in [0.15, 0.2) is 0 Å². The van der Waals surface area contributed by atoms with Gasteiger partial charge in [0.25, 0.3) is 0 Å². The molecule has 0 aromatic carbocycles. The van der Waals surface area contributed by atoms with Crippen LogP contribution < -0.4 is 0 Å². The Kier molecular flexibility index (Phi) is 2.89. The fraction of sp³-hybridized carbons (Fsp3) is 0.667. The van der Waals surface area contributed by atoms with E-state index in [4.69, 9.17) is 4.52 Å². The Morgan fingerprint density at radius 2 is 2.00 bits per heavy atom. The largest absolute Gasteiger partial charge is 0.361 e. The molecular formula is C9H13NOS2. The van der Waals surface area contributed by atoms with E-state index in [-0.39, 0.29) is 0 Å². The van der Waals surface area contributed by atoms with Crippen LogP contribution in [0.25, 0.3) is 0 Å². The van der Waals surface area contributed by atoms with Crippen LogP contribution in [0.3, 0.4) is 0 Å². The van der Waals surface area contributed by atoms with Gasteiger partial charge in [-0.05, 0) is 31.8 Å². The number of nitrogens with zero attached hydrogens (tertiary/aromatic N) is 1. The van der Waals surface area contributed by atoms with Crippen LogP contribution in [0.15, 0.2) is 4.52 Å². The summed E-state index contributed by atoms with van der Waals surface area (Å²) in [5, 5.41) is 3.99. The first-order chi connectivity index (χ1) is 6.29. The average Bonchev–Trinajstić information content (AvgIpc) is 2.48. The molecule has 2 heterocycles. The summed E-state index contributed by atoms with van der Waals surface area (Å²) in [6.07, 6.45) is 1.33. The lowest BCUT2D eigenvalue weighted by molar-refractivity contribution is 0.392. The van der Waals surface area contributed by atoms with Crippen LogP contribution in [0.2, 0.25) is 0 Å². The number of hydrogen-bond acceptors (Lipinski definition) is 4. The van der Waals surface area contributed by atoms with Crippen molar-refractivity contribution in [2.75, 3.05) is 11.5 Å². The average molecular weight is 215 g/mol. The smallest absolute Gasteiger partial charge is 0.139 e. The summed E-state index contributed by atoms with van der Waals surface area (Å²) in [6, 6.07) is 0. The van der Waals surface area contributed by atoms with E-state index in [9.17, 15) is 0 Å². The Hall–Kier alpha value is -0.0900. The summed E-state index contributed by atoms with van der Waals surface area (Å²) in [4.78, 5) is 0. The predicted octanol–water partition coefficient (Wildman–Crippen LogP) is 3.16. The zero-order valence-electron chi connectivity index (χ0n) is 7.87. The highest BCUT2D eigenvalue weighted by Gasteiger charge is 2.23. The minimum Gasteiger partial charge on any atom is -0.361 e. The molecular weight excluding hydrogens is 202 g/mol. The summed E-state index contributed by atoms with van der Waals surface area (Å²) in [7, 11) is 0. The van der Waals surface area contributed by atoms with Crippen molar-refractivity contribution in [3.63, 3.8) is 0 Å². The monoisotopic (exact) mass is 215 g/mol. The van der Waals surface area contributed by atoms with Crippen molar-refractivity contribution in [3.05, 3.63) is 17.0 Å². The fourth-order valence-corrected chi connectivity index (χ4v) is 4.68. The van der Waals surface area contributed by atoms with Crippen molar-refractivity contribution in [3.8, 4) is 0 Å². The minimum absolute atomic E-state index is 0.556. The molecule has 2 nitrogen and oxygen atoms in total. The van der Waals surface area contributed by atoms with Gasteiger partial charge in [0.05, 0.1) is 10.3 Å². The van der Waals surface area contributed by atoms with Crippen LogP contribution in [0.5, 0.6) is 0 Å². The standard InChI is InChI=1S/C9H13NOS2/c1-6-8(7(2)11-10-6)9-12-4-3-5-13-9/h9H,3-5H2,1-2H3. The van der Waals surface area contributed by atoms with Crippen LogP contribution in [0.4, 0.5) is 0 Å². The van der Waals surface area contributed by atoms with Crippen molar-refractivity contribution >= 4 is 23.5 Å². The number of aryl methyl sites for hydroxylation is 2. The van der Waals surface area contributed by atoms with Crippen molar-refractivity contribution in [2.24, 2.45) is 0 Å². The van der Waals surface area contributed by atoms with E-state index in [1.165, 1.54) is 23.5 Å². The molecule has 13 heavy (non-hydrogen) atoms. The molecule has 72 valence electrons. The van der Waals surface area contributed by atoms with Crippen molar-refractivity contribution in [1.82, 2.24) is 5.16 Å². The van der Waals surface area contributed by atoms with Crippen molar-refractivity contribution in [2.45, 2.75) is 24.9 Å². The maximum atomic E-state index is 5.17. The lowest BCUT2D eigenvalue weighted by Crippen LogP contribution is -2.01. The van der Waals surface area contributed by atoms with Crippen molar-refractivity contribution in [1.29, 1.82) is 0 Å². The van der Waals surface area contributed by atoms with Gasteiger partial charge in [0, 0.05) is 5.56 Å². The first kappa shape index (κ1) is 9.46. The summed E-state index contributed by atoms with van der Waals surface area (Å²) in [5.41, 5.74) is 2.37. The van der Waals surface area contributed by atoms with Gasteiger partial charge in [-0.15, -0.1) is 23.5 Å². The third-order valence-electron chi connectivity index (χ3n) is 2.15. The van der Waals surface area contributed by atoms with Gasteiger partial charge in [0.2, 0.25) is 0 Å². The Labute approximate surface area is 86.8 Å². The fourth-order valence-electron chi connectivity index (χ4n) is 1.48. The van der Waals surface area contributed by atoms with Crippen LogP contribution in [-0.4, -0.2) is 16.7 Å². The van der Waals surface area contributed by atoms with Gasteiger partial charge in [0.1, 0.15) is 5.76 Å². The molecule has 0 atom stereocenters. The second-order valence-corrected chi connectivity index (χ2v) is 5.89. The van der Waals surface area contributed by atoms with E-state index in [0.717, 1.165) is 11.5 Å². The van der Waals surface area contributed by atoms with E-state index in [1.807, 2.05) is 37.4 Å². The second kappa shape index (κ2) is 3.96. The molecule has 1 aliphatic heterocycles. The molecule has 0 N–H and O–H groups in total. The van der Waals surface area contributed by atoms with E-state index in [1.54, 1.807) is 0 Å². The molecule has 0 saturated carbocycles. The molecule has 0 unspecified atom stereocenters. The molecule has 1 fully saturated rings. The number of thioether (sulfide) groups is 2. The molecule has 0 amide bonds. The molecule has 4 heteroatoms. The summed E-state index contributed by atoms with van der Waals surface area (Å²) >= 11 is 4.02. The third-order valence-corrected chi connectivity index (χ3v) is 5.09. The number of rotatable bonds is 1. The Bertz CT molecular complexity index is 272. The van der Waals surface area contributed by atoms with Gasteiger partial charge in [-0.1, -0.05) is 5.16 Å². The number of hydrogen-bond donors (Lipinski definition) is 0. The molecule has 0 radical (unpaired) electrons. The molecule has 1 aromatic rings. The van der Waals surface area contributed by atoms with E-state index >= 15 is 0 Å². The molecule has 0 spiro atoms. The minimum atomic E-state index is 0.556. The zero-order valence-corrected chi connectivity index (χ0v) is 9.50. The highest BCUT2D eigenvalue weighted by atomic mass is 32.2. The first-order valence-corrected chi connectivity index (χ1v) is 6.55. The quantitative estimate of drug-likeness (QED) is 0.718. The molecule has 0 bridgehead atoms. The molecule has 1 aromatic heterocycles. The summed E-state index contributed by atoms with van der Waals surface area (Å²) < 4.78 is 5.73. The van der Waals surface area contributed by atoms with Crippen LogP contribution in [-0.2, 0) is 0 Å². The van der Waals surface area contributed by atoms with Crippen LogP contribution in [0.1, 0.15) is 28.0 Å². The highest BCUT2D eigenvalue weighted by Crippen LogP contribution is 2.45. The maximum Gasteiger partial charge on any atom is 0.139 e.